The second-order valence-electron chi connectivity index (χ2n) is 6.32. The smallest absolute Gasteiger partial charge is 0.338 e. The SMILES string of the molecule is CCC(COC(=O)c1ccc(S(=O)(=O)N(C)C)cc1)Nc1ccc([N+](=O)[O-])cn1. The van der Waals surface area contributed by atoms with Crippen LogP contribution >= 0.6 is 0 Å². The van der Waals surface area contributed by atoms with Gasteiger partial charge in [-0.15, -0.1) is 0 Å². The van der Waals surface area contributed by atoms with Crippen LogP contribution < -0.4 is 5.32 Å². The number of nitro groups is 1. The Hall–Kier alpha value is -3.05. The maximum absolute atomic E-state index is 12.2. The second-order valence-corrected chi connectivity index (χ2v) is 8.47. The maximum Gasteiger partial charge on any atom is 0.338 e. The summed E-state index contributed by atoms with van der Waals surface area (Å²) in [5.74, 6) is -0.160. The summed E-state index contributed by atoms with van der Waals surface area (Å²) in [4.78, 5) is 26.4. The Morgan fingerprint density at radius 3 is 2.38 bits per heavy atom. The Kier molecular flexibility index (Phi) is 7.23. The standard InChI is InChI=1S/C18H22N4O6S/c1-4-14(20-17-10-7-15(11-19-17)22(24)25)12-28-18(23)13-5-8-16(9-6-13)29(26,27)21(2)3/h5-11,14H,4,12H2,1-3H3,(H,19,20). The summed E-state index contributed by atoms with van der Waals surface area (Å²) in [6.07, 6.45) is 1.76. The van der Waals surface area contributed by atoms with E-state index in [-0.39, 0.29) is 28.8 Å². The molecule has 0 fully saturated rings. The fraction of sp³-hybridized carbons (Fsp3) is 0.333. The van der Waals surface area contributed by atoms with E-state index in [0.29, 0.717) is 12.2 Å². The van der Waals surface area contributed by atoms with Gasteiger partial charge in [0.1, 0.15) is 18.6 Å². The van der Waals surface area contributed by atoms with Crippen LogP contribution in [0.4, 0.5) is 11.5 Å². The highest BCUT2D eigenvalue weighted by Crippen LogP contribution is 2.16. The molecular weight excluding hydrogens is 400 g/mol. The van der Waals surface area contributed by atoms with Crippen molar-refractivity contribution in [1.29, 1.82) is 0 Å². The fourth-order valence-corrected chi connectivity index (χ4v) is 3.19. The molecule has 1 aromatic carbocycles. The van der Waals surface area contributed by atoms with E-state index in [2.05, 4.69) is 10.3 Å². The highest BCUT2D eigenvalue weighted by Gasteiger charge is 2.18. The number of rotatable bonds is 9. The fourth-order valence-electron chi connectivity index (χ4n) is 2.28. The van der Waals surface area contributed by atoms with E-state index in [4.69, 9.17) is 4.74 Å². The van der Waals surface area contributed by atoms with E-state index in [0.717, 1.165) is 10.5 Å². The van der Waals surface area contributed by atoms with Gasteiger partial charge in [-0.25, -0.2) is 22.5 Å². The minimum absolute atomic E-state index is 0.0474. The van der Waals surface area contributed by atoms with Crippen molar-refractivity contribution in [3.8, 4) is 0 Å². The normalized spacial score (nSPS) is 12.4. The molecule has 1 atom stereocenters. The van der Waals surface area contributed by atoms with Crippen LogP contribution in [0.1, 0.15) is 23.7 Å². The van der Waals surface area contributed by atoms with Gasteiger partial charge < -0.3 is 10.1 Å². The summed E-state index contributed by atoms with van der Waals surface area (Å²) in [6.45, 7) is 1.93. The molecule has 11 heteroatoms. The van der Waals surface area contributed by atoms with Gasteiger partial charge in [-0.1, -0.05) is 6.92 Å². The summed E-state index contributed by atoms with van der Waals surface area (Å²) in [5, 5.41) is 13.7. The first-order valence-corrected chi connectivity index (χ1v) is 10.2. The number of esters is 1. The summed E-state index contributed by atoms with van der Waals surface area (Å²) < 4.78 is 30.5. The predicted molar refractivity (Wildman–Crippen MR) is 106 cm³/mol. The van der Waals surface area contributed by atoms with Gasteiger partial charge in [0, 0.05) is 20.2 Å². The van der Waals surface area contributed by atoms with Crippen molar-refractivity contribution in [3.05, 3.63) is 58.3 Å². The largest absolute Gasteiger partial charge is 0.460 e. The highest BCUT2D eigenvalue weighted by atomic mass is 32.2. The van der Waals surface area contributed by atoms with E-state index >= 15 is 0 Å². The zero-order valence-corrected chi connectivity index (χ0v) is 17.0. The third kappa shape index (κ3) is 5.72. The van der Waals surface area contributed by atoms with Crippen LogP contribution in [0.3, 0.4) is 0 Å². The molecule has 2 rings (SSSR count). The summed E-state index contributed by atoms with van der Waals surface area (Å²) in [5.41, 5.74) is 0.112. The van der Waals surface area contributed by atoms with Crippen LogP contribution in [-0.4, -0.2) is 55.3 Å². The van der Waals surface area contributed by atoms with Gasteiger partial charge in [-0.05, 0) is 36.8 Å². The number of benzene rings is 1. The molecule has 2 aromatic rings. The Morgan fingerprint density at radius 2 is 1.90 bits per heavy atom. The van der Waals surface area contributed by atoms with Crippen molar-refractivity contribution < 1.29 is 22.9 Å². The lowest BCUT2D eigenvalue weighted by molar-refractivity contribution is -0.385. The topological polar surface area (TPSA) is 132 Å². The molecule has 1 heterocycles. The molecule has 0 spiro atoms. The van der Waals surface area contributed by atoms with E-state index in [1.54, 1.807) is 0 Å². The van der Waals surface area contributed by atoms with Crippen LogP contribution in [0.5, 0.6) is 0 Å². The zero-order chi connectivity index (χ0) is 21.6. The third-order valence-electron chi connectivity index (χ3n) is 4.09. The van der Waals surface area contributed by atoms with E-state index in [9.17, 15) is 23.3 Å². The number of pyridine rings is 1. The number of carbonyl (C=O) groups excluding carboxylic acids is 1. The molecule has 0 aliphatic heterocycles. The van der Waals surface area contributed by atoms with Gasteiger partial charge >= 0.3 is 5.97 Å². The first kappa shape index (κ1) is 22.2. The minimum atomic E-state index is -3.57. The predicted octanol–water partition coefficient (Wildman–Crippen LogP) is 2.29. The van der Waals surface area contributed by atoms with Crippen molar-refractivity contribution in [1.82, 2.24) is 9.29 Å². The van der Waals surface area contributed by atoms with E-state index < -0.39 is 20.9 Å². The summed E-state index contributed by atoms with van der Waals surface area (Å²) >= 11 is 0. The second kappa shape index (κ2) is 9.43. The molecule has 0 bridgehead atoms. The van der Waals surface area contributed by atoms with Crippen LogP contribution in [0, 0.1) is 10.1 Å². The van der Waals surface area contributed by atoms with Crippen LogP contribution in [0.15, 0.2) is 47.5 Å². The number of hydrogen-bond acceptors (Lipinski definition) is 8. The molecule has 1 unspecified atom stereocenters. The van der Waals surface area contributed by atoms with Gasteiger partial charge in [0.05, 0.1) is 21.4 Å². The first-order chi connectivity index (χ1) is 13.6. The molecule has 156 valence electrons. The number of nitrogens with one attached hydrogen (secondary N) is 1. The number of aromatic nitrogens is 1. The molecule has 0 saturated carbocycles. The van der Waals surface area contributed by atoms with Crippen LogP contribution in [0.2, 0.25) is 0 Å². The third-order valence-corrected chi connectivity index (χ3v) is 5.92. The molecule has 0 aliphatic rings. The Morgan fingerprint density at radius 1 is 1.24 bits per heavy atom. The summed E-state index contributed by atoms with van der Waals surface area (Å²) in [6, 6.07) is 8.05. The van der Waals surface area contributed by atoms with Crippen molar-refractivity contribution >= 4 is 27.5 Å². The number of sulfonamides is 1. The molecule has 0 saturated heterocycles. The molecule has 0 aliphatic carbocycles. The molecule has 1 N–H and O–H groups in total. The first-order valence-electron chi connectivity index (χ1n) is 8.71. The summed E-state index contributed by atoms with van der Waals surface area (Å²) in [7, 11) is -0.718. The van der Waals surface area contributed by atoms with Crippen LogP contribution in [0.25, 0.3) is 0 Å². The number of nitrogens with zero attached hydrogens (tertiary/aromatic N) is 3. The monoisotopic (exact) mass is 422 g/mol. The van der Waals surface area contributed by atoms with E-state index in [1.165, 1.54) is 50.5 Å². The van der Waals surface area contributed by atoms with Crippen molar-refractivity contribution in [3.63, 3.8) is 0 Å². The lowest BCUT2D eigenvalue weighted by Crippen LogP contribution is -2.27. The molecule has 0 radical (unpaired) electrons. The zero-order valence-electron chi connectivity index (χ0n) is 16.2. The number of anilines is 1. The molecule has 1 aromatic heterocycles. The van der Waals surface area contributed by atoms with E-state index in [1.807, 2.05) is 6.92 Å². The Balaban J connectivity index is 1.96. The molecule has 29 heavy (non-hydrogen) atoms. The number of hydrogen-bond donors (Lipinski definition) is 1. The average molecular weight is 422 g/mol. The molecule has 0 amide bonds. The van der Waals surface area contributed by atoms with Crippen LogP contribution in [-0.2, 0) is 14.8 Å². The lowest BCUT2D eigenvalue weighted by Gasteiger charge is -2.17. The number of ether oxygens (including phenoxy) is 1. The molecule has 10 nitrogen and oxygen atoms in total. The van der Waals surface area contributed by atoms with Gasteiger partial charge in [0.15, 0.2) is 0 Å². The van der Waals surface area contributed by atoms with Crippen molar-refractivity contribution in [2.75, 3.05) is 26.0 Å². The quantitative estimate of drug-likeness (QED) is 0.370. The number of carbonyl (C=O) groups is 1. The van der Waals surface area contributed by atoms with Gasteiger partial charge in [0.2, 0.25) is 10.0 Å². The lowest BCUT2D eigenvalue weighted by atomic mass is 10.2. The van der Waals surface area contributed by atoms with Gasteiger partial charge in [-0.2, -0.15) is 0 Å². The maximum atomic E-state index is 12.2. The Bertz CT molecular complexity index is 959. The van der Waals surface area contributed by atoms with Gasteiger partial charge in [-0.3, -0.25) is 10.1 Å². The Labute approximate surface area is 168 Å². The van der Waals surface area contributed by atoms with Gasteiger partial charge in [0.25, 0.3) is 5.69 Å². The van der Waals surface area contributed by atoms with Crippen molar-refractivity contribution in [2.45, 2.75) is 24.3 Å². The van der Waals surface area contributed by atoms with Crippen molar-refractivity contribution in [2.24, 2.45) is 0 Å². The minimum Gasteiger partial charge on any atom is -0.460 e. The average Bonchev–Trinajstić information content (AvgIpc) is 2.71. The molecular formula is C18H22N4O6S. The highest BCUT2D eigenvalue weighted by molar-refractivity contribution is 7.89.